The molecule has 0 aliphatic carbocycles. The second kappa shape index (κ2) is 8.22. The first kappa shape index (κ1) is 17.6. The van der Waals surface area contributed by atoms with E-state index in [4.69, 9.17) is 27.9 Å². The first-order chi connectivity index (χ1) is 11.0. The molecule has 1 aromatic heterocycles. The van der Waals surface area contributed by atoms with Crippen LogP contribution < -0.4 is 10.1 Å². The maximum Gasteiger partial charge on any atom is 0.257 e. The van der Waals surface area contributed by atoms with Crippen molar-refractivity contribution < 1.29 is 9.53 Å². The lowest BCUT2D eigenvalue weighted by molar-refractivity contribution is -0.123. The fourth-order valence-corrected chi connectivity index (χ4v) is 2.34. The number of hydrogen-bond acceptors (Lipinski definition) is 3. The second-order valence-corrected chi connectivity index (χ2v) is 5.97. The fraction of sp³-hybridized carbons (Fsp3) is 0.375. The number of nitrogens with one attached hydrogen (secondary N) is 1. The Balaban J connectivity index is 1.66. The van der Waals surface area contributed by atoms with Crippen LogP contribution in [0, 0.1) is 13.8 Å². The Bertz CT molecular complexity index is 669. The monoisotopic (exact) mass is 355 g/mol. The average Bonchev–Trinajstić information content (AvgIpc) is 2.78. The van der Waals surface area contributed by atoms with Gasteiger partial charge in [0.2, 0.25) is 0 Å². The Hall–Kier alpha value is -1.72. The molecule has 23 heavy (non-hydrogen) atoms. The van der Waals surface area contributed by atoms with Crippen LogP contribution in [0.4, 0.5) is 0 Å². The summed E-state index contributed by atoms with van der Waals surface area (Å²) in [5.41, 5.74) is 1.77. The van der Waals surface area contributed by atoms with E-state index in [1.165, 1.54) is 0 Å². The van der Waals surface area contributed by atoms with Crippen LogP contribution in [0.25, 0.3) is 0 Å². The van der Waals surface area contributed by atoms with Crippen molar-refractivity contribution in [1.82, 2.24) is 15.1 Å². The minimum Gasteiger partial charge on any atom is -0.484 e. The van der Waals surface area contributed by atoms with Gasteiger partial charge < -0.3 is 10.1 Å². The summed E-state index contributed by atoms with van der Waals surface area (Å²) >= 11 is 11.9. The minimum absolute atomic E-state index is 0.0205. The van der Waals surface area contributed by atoms with Gasteiger partial charge in [-0.3, -0.25) is 9.48 Å². The van der Waals surface area contributed by atoms with Crippen molar-refractivity contribution in [3.05, 3.63) is 45.7 Å². The van der Waals surface area contributed by atoms with Gasteiger partial charge in [0.25, 0.3) is 5.91 Å². The average molecular weight is 356 g/mol. The molecule has 7 heteroatoms. The van der Waals surface area contributed by atoms with Gasteiger partial charge in [0.15, 0.2) is 6.61 Å². The smallest absolute Gasteiger partial charge is 0.257 e. The predicted molar refractivity (Wildman–Crippen MR) is 91.3 cm³/mol. The third-order valence-corrected chi connectivity index (χ3v) is 4.14. The highest BCUT2D eigenvalue weighted by molar-refractivity contribution is 6.31. The van der Waals surface area contributed by atoms with E-state index in [0.29, 0.717) is 28.9 Å². The minimum atomic E-state index is -0.161. The van der Waals surface area contributed by atoms with Crippen LogP contribution in [0.3, 0.4) is 0 Å². The fourth-order valence-electron chi connectivity index (χ4n) is 2.08. The molecule has 0 saturated carbocycles. The van der Waals surface area contributed by atoms with Crippen LogP contribution in [0.1, 0.15) is 17.8 Å². The predicted octanol–water partition coefficient (Wildman–Crippen LogP) is 3.39. The van der Waals surface area contributed by atoms with Crippen molar-refractivity contribution in [3.63, 3.8) is 0 Å². The standard InChI is InChI=1S/C16H19Cl2N3O2/c1-11-16(18)12(2)21(20-11)9-3-8-19-15(22)10-23-14-6-4-13(17)5-7-14/h4-7H,3,8-10H2,1-2H3,(H,19,22). The summed E-state index contributed by atoms with van der Waals surface area (Å²) in [5.74, 6) is 0.452. The van der Waals surface area contributed by atoms with Crippen molar-refractivity contribution >= 4 is 29.1 Å². The Morgan fingerprint density at radius 3 is 2.57 bits per heavy atom. The van der Waals surface area contributed by atoms with Crippen LogP contribution >= 0.6 is 23.2 Å². The van der Waals surface area contributed by atoms with E-state index >= 15 is 0 Å². The molecular weight excluding hydrogens is 337 g/mol. The summed E-state index contributed by atoms with van der Waals surface area (Å²) in [6, 6.07) is 6.88. The molecule has 0 bridgehead atoms. The largest absolute Gasteiger partial charge is 0.484 e. The van der Waals surface area contributed by atoms with Gasteiger partial charge >= 0.3 is 0 Å². The van der Waals surface area contributed by atoms with E-state index in [0.717, 1.165) is 17.8 Å². The summed E-state index contributed by atoms with van der Waals surface area (Å²) in [6.45, 7) is 5.05. The maximum atomic E-state index is 11.7. The number of halogens is 2. The van der Waals surface area contributed by atoms with Crippen LogP contribution in [-0.2, 0) is 11.3 Å². The number of aromatic nitrogens is 2. The van der Waals surface area contributed by atoms with Gasteiger partial charge in [-0.05, 0) is 44.5 Å². The van der Waals surface area contributed by atoms with E-state index in [1.807, 2.05) is 18.5 Å². The lowest BCUT2D eigenvalue weighted by atomic mass is 10.3. The van der Waals surface area contributed by atoms with Crippen molar-refractivity contribution in [3.8, 4) is 5.75 Å². The number of hydrogen-bond donors (Lipinski definition) is 1. The number of nitrogens with zero attached hydrogens (tertiary/aromatic N) is 2. The van der Waals surface area contributed by atoms with Crippen molar-refractivity contribution in [1.29, 1.82) is 0 Å². The Labute approximate surface area is 145 Å². The number of aryl methyl sites for hydroxylation is 2. The van der Waals surface area contributed by atoms with Gasteiger partial charge in [-0.15, -0.1) is 0 Å². The molecule has 0 aliphatic rings. The maximum absolute atomic E-state index is 11.7. The Morgan fingerprint density at radius 2 is 1.96 bits per heavy atom. The second-order valence-electron chi connectivity index (χ2n) is 5.15. The molecule has 0 spiro atoms. The molecule has 0 aliphatic heterocycles. The topological polar surface area (TPSA) is 56.2 Å². The summed E-state index contributed by atoms with van der Waals surface area (Å²) in [6.07, 6.45) is 0.769. The molecule has 0 radical (unpaired) electrons. The van der Waals surface area contributed by atoms with Gasteiger partial charge in [0.05, 0.1) is 16.4 Å². The molecule has 0 unspecified atom stereocenters. The Kier molecular flexibility index (Phi) is 6.30. The van der Waals surface area contributed by atoms with Crippen LogP contribution in [0.2, 0.25) is 10.0 Å². The number of carbonyl (C=O) groups is 1. The highest BCUT2D eigenvalue weighted by Crippen LogP contribution is 2.19. The molecule has 1 N–H and O–H groups in total. The number of ether oxygens (including phenoxy) is 1. The lowest BCUT2D eigenvalue weighted by Gasteiger charge is -2.08. The summed E-state index contributed by atoms with van der Waals surface area (Å²) in [7, 11) is 0. The third kappa shape index (κ3) is 5.15. The summed E-state index contributed by atoms with van der Waals surface area (Å²) in [5, 5.41) is 8.49. The van der Waals surface area contributed by atoms with E-state index in [1.54, 1.807) is 24.3 Å². The zero-order valence-electron chi connectivity index (χ0n) is 13.1. The van der Waals surface area contributed by atoms with E-state index in [9.17, 15) is 4.79 Å². The first-order valence-corrected chi connectivity index (χ1v) is 8.07. The number of benzene rings is 1. The quantitative estimate of drug-likeness (QED) is 0.774. The molecule has 1 heterocycles. The molecule has 2 aromatic rings. The number of amides is 1. The molecule has 0 fully saturated rings. The van der Waals surface area contributed by atoms with Gasteiger partial charge in [0, 0.05) is 18.1 Å². The third-order valence-electron chi connectivity index (χ3n) is 3.35. The first-order valence-electron chi connectivity index (χ1n) is 7.32. The lowest BCUT2D eigenvalue weighted by Crippen LogP contribution is -2.30. The highest BCUT2D eigenvalue weighted by Gasteiger charge is 2.08. The van der Waals surface area contributed by atoms with Gasteiger partial charge in [0.1, 0.15) is 5.75 Å². The number of carbonyl (C=O) groups excluding carboxylic acids is 1. The van der Waals surface area contributed by atoms with Crippen molar-refractivity contribution in [2.75, 3.05) is 13.2 Å². The zero-order valence-corrected chi connectivity index (χ0v) is 14.6. The summed E-state index contributed by atoms with van der Waals surface area (Å²) < 4.78 is 7.23. The molecule has 5 nitrogen and oxygen atoms in total. The molecule has 124 valence electrons. The van der Waals surface area contributed by atoms with Crippen LogP contribution in [0.5, 0.6) is 5.75 Å². The molecule has 1 amide bonds. The molecule has 0 atom stereocenters. The van der Waals surface area contributed by atoms with Crippen LogP contribution in [0.15, 0.2) is 24.3 Å². The number of rotatable bonds is 7. The molecular formula is C16H19Cl2N3O2. The zero-order chi connectivity index (χ0) is 16.8. The molecule has 1 aromatic carbocycles. The molecule has 2 rings (SSSR count). The molecule has 0 saturated heterocycles. The summed E-state index contributed by atoms with van der Waals surface area (Å²) in [4.78, 5) is 11.7. The van der Waals surface area contributed by atoms with Gasteiger partial charge in [-0.2, -0.15) is 5.10 Å². The Morgan fingerprint density at radius 1 is 1.26 bits per heavy atom. The van der Waals surface area contributed by atoms with Crippen molar-refractivity contribution in [2.24, 2.45) is 0 Å². The van der Waals surface area contributed by atoms with E-state index < -0.39 is 0 Å². The van der Waals surface area contributed by atoms with E-state index in [2.05, 4.69) is 10.4 Å². The SMILES string of the molecule is Cc1nn(CCCNC(=O)COc2ccc(Cl)cc2)c(C)c1Cl. The normalized spacial score (nSPS) is 10.6. The van der Waals surface area contributed by atoms with E-state index in [-0.39, 0.29) is 12.5 Å². The van der Waals surface area contributed by atoms with Crippen LogP contribution in [-0.4, -0.2) is 28.8 Å². The van der Waals surface area contributed by atoms with Gasteiger partial charge in [-0.1, -0.05) is 23.2 Å². The highest BCUT2D eigenvalue weighted by atomic mass is 35.5. The van der Waals surface area contributed by atoms with Crippen molar-refractivity contribution in [2.45, 2.75) is 26.8 Å². The van der Waals surface area contributed by atoms with Gasteiger partial charge in [-0.25, -0.2) is 0 Å².